The van der Waals surface area contributed by atoms with Crippen LogP contribution in [0.15, 0.2) is 24.3 Å². The maximum Gasteiger partial charge on any atom is 0.0373 e. The van der Waals surface area contributed by atoms with Crippen LogP contribution < -0.4 is 5.32 Å². The third-order valence-corrected chi connectivity index (χ3v) is 4.41. The molecule has 98 valence electrons. The first-order valence-electron chi connectivity index (χ1n) is 7.28. The number of piperidine rings is 1. The van der Waals surface area contributed by atoms with Gasteiger partial charge in [0.15, 0.2) is 0 Å². The molecule has 1 fully saturated rings. The number of fused-ring (bicyclic) bond motifs is 1. The van der Waals surface area contributed by atoms with Crippen LogP contribution in [0.25, 0.3) is 0 Å². The van der Waals surface area contributed by atoms with E-state index in [1.807, 2.05) is 0 Å². The van der Waals surface area contributed by atoms with E-state index in [1.165, 1.54) is 37.2 Å². The van der Waals surface area contributed by atoms with Crippen molar-refractivity contribution in [3.8, 4) is 0 Å². The highest BCUT2D eigenvalue weighted by atomic mass is 15.2. The van der Waals surface area contributed by atoms with E-state index in [-0.39, 0.29) is 0 Å². The van der Waals surface area contributed by atoms with Crippen molar-refractivity contribution in [3.05, 3.63) is 29.8 Å². The van der Waals surface area contributed by atoms with Gasteiger partial charge in [-0.1, -0.05) is 32.0 Å². The number of likely N-dealkylation sites (tertiary alicyclic amines) is 1. The molecule has 0 saturated carbocycles. The fourth-order valence-electron chi connectivity index (χ4n) is 3.69. The summed E-state index contributed by atoms with van der Waals surface area (Å²) in [6.07, 6.45) is 2.61. The fourth-order valence-corrected chi connectivity index (χ4v) is 3.69. The van der Waals surface area contributed by atoms with Gasteiger partial charge in [0.1, 0.15) is 0 Å². The summed E-state index contributed by atoms with van der Waals surface area (Å²) in [4.78, 5) is 2.71. The van der Waals surface area contributed by atoms with Gasteiger partial charge < -0.3 is 5.32 Å². The second-order valence-electron chi connectivity index (χ2n) is 6.30. The molecule has 18 heavy (non-hydrogen) atoms. The fraction of sp³-hybridized carbons (Fsp3) is 0.625. The van der Waals surface area contributed by atoms with E-state index < -0.39 is 0 Å². The van der Waals surface area contributed by atoms with Gasteiger partial charge in [-0.25, -0.2) is 0 Å². The summed E-state index contributed by atoms with van der Waals surface area (Å²) in [6.45, 7) is 8.45. The van der Waals surface area contributed by atoms with Crippen molar-refractivity contribution < 1.29 is 0 Å². The zero-order chi connectivity index (χ0) is 12.5. The van der Waals surface area contributed by atoms with Crippen LogP contribution in [0.5, 0.6) is 0 Å². The normalized spacial score (nSPS) is 32.7. The molecule has 0 radical (unpaired) electrons. The Kier molecular flexibility index (Phi) is 3.29. The quantitative estimate of drug-likeness (QED) is 0.817. The predicted octanol–water partition coefficient (Wildman–Crippen LogP) is 3.00. The zero-order valence-electron chi connectivity index (χ0n) is 11.5. The van der Waals surface area contributed by atoms with E-state index in [2.05, 4.69) is 48.3 Å². The van der Waals surface area contributed by atoms with Gasteiger partial charge in [0.25, 0.3) is 0 Å². The summed E-state index contributed by atoms with van der Waals surface area (Å²) in [6, 6.07) is 9.44. The van der Waals surface area contributed by atoms with Gasteiger partial charge in [-0.2, -0.15) is 0 Å². The van der Waals surface area contributed by atoms with Crippen molar-refractivity contribution >= 4 is 5.69 Å². The molecular formula is C16H24N2. The Morgan fingerprint density at radius 1 is 1.11 bits per heavy atom. The molecule has 2 aliphatic rings. The molecule has 1 aromatic rings. The van der Waals surface area contributed by atoms with Crippen LogP contribution >= 0.6 is 0 Å². The highest BCUT2D eigenvalue weighted by Gasteiger charge is 2.29. The number of para-hydroxylation sites is 1. The van der Waals surface area contributed by atoms with Crippen LogP contribution in [0.4, 0.5) is 5.69 Å². The van der Waals surface area contributed by atoms with Gasteiger partial charge in [0.2, 0.25) is 0 Å². The lowest BCUT2D eigenvalue weighted by atomic mass is 9.89. The van der Waals surface area contributed by atoms with Crippen molar-refractivity contribution in [2.45, 2.75) is 32.7 Å². The monoisotopic (exact) mass is 244 g/mol. The van der Waals surface area contributed by atoms with Gasteiger partial charge >= 0.3 is 0 Å². The highest BCUT2D eigenvalue weighted by molar-refractivity contribution is 5.53. The van der Waals surface area contributed by atoms with Crippen LogP contribution in [0, 0.1) is 11.8 Å². The number of nitrogens with one attached hydrogen (secondary N) is 1. The molecule has 2 nitrogen and oxygen atoms in total. The molecule has 1 aromatic carbocycles. The van der Waals surface area contributed by atoms with Gasteiger partial charge in [0.05, 0.1) is 0 Å². The standard InChI is InChI=1S/C16H24N2/c1-12-7-13(2)11-18(10-12)15-8-14-5-3-4-6-16(14)17-9-15/h3-6,12-13,15,17H,7-11H2,1-2H3. The molecule has 0 aliphatic carbocycles. The van der Waals surface area contributed by atoms with Gasteiger partial charge in [0, 0.05) is 31.4 Å². The molecule has 0 amide bonds. The lowest BCUT2D eigenvalue weighted by Crippen LogP contribution is -2.50. The summed E-state index contributed by atoms with van der Waals surface area (Å²) < 4.78 is 0. The number of hydrogen-bond acceptors (Lipinski definition) is 2. The third kappa shape index (κ3) is 2.39. The summed E-state index contributed by atoms with van der Waals surface area (Å²) in [7, 11) is 0. The molecule has 2 aliphatic heterocycles. The maximum atomic E-state index is 3.60. The Balaban J connectivity index is 1.72. The Morgan fingerprint density at radius 3 is 2.61 bits per heavy atom. The first kappa shape index (κ1) is 12.0. The van der Waals surface area contributed by atoms with E-state index in [1.54, 1.807) is 0 Å². The summed E-state index contributed by atoms with van der Waals surface area (Å²) >= 11 is 0. The van der Waals surface area contributed by atoms with E-state index in [0.29, 0.717) is 6.04 Å². The second kappa shape index (κ2) is 4.93. The minimum atomic E-state index is 0.685. The Morgan fingerprint density at radius 2 is 1.83 bits per heavy atom. The van der Waals surface area contributed by atoms with Crippen molar-refractivity contribution in [1.29, 1.82) is 0 Å². The molecule has 3 atom stereocenters. The highest BCUT2D eigenvalue weighted by Crippen LogP contribution is 2.28. The molecule has 0 aromatic heterocycles. The first-order valence-corrected chi connectivity index (χ1v) is 7.28. The molecule has 1 N–H and O–H groups in total. The molecule has 3 rings (SSSR count). The summed E-state index contributed by atoms with van der Waals surface area (Å²) in [5.74, 6) is 1.71. The smallest absolute Gasteiger partial charge is 0.0373 e. The molecular weight excluding hydrogens is 220 g/mol. The second-order valence-corrected chi connectivity index (χ2v) is 6.30. The first-order chi connectivity index (χ1) is 8.72. The Labute approximate surface area is 110 Å². The van der Waals surface area contributed by atoms with Gasteiger partial charge in [-0.05, 0) is 36.3 Å². The Hall–Kier alpha value is -1.02. The van der Waals surface area contributed by atoms with E-state index in [4.69, 9.17) is 0 Å². The maximum absolute atomic E-state index is 3.60. The number of nitrogens with zero attached hydrogens (tertiary/aromatic N) is 1. The minimum Gasteiger partial charge on any atom is -0.383 e. The zero-order valence-corrected chi connectivity index (χ0v) is 11.5. The van der Waals surface area contributed by atoms with Crippen LogP contribution in [0.1, 0.15) is 25.8 Å². The predicted molar refractivity (Wildman–Crippen MR) is 76.9 cm³/mol. The number of rotatable bonds is 1. The SMILES string of the molecule is CC1CC(C)CN(C2CNc3ccccc3C2)C1. The van der Waals surface area contributed by atoms with Crippen molar-refractivity contribution in [3.63, 3.8) is 0 Å². The molecule has 1 saturated heterocycles. The number of anilines is 1. The summed E-state index contributed by atoms with van der Waals surface area (Å²) in [5.41, 5.74) is 2.83. The van der Waals surface area contributed by atoms with E-state index in [0.717, 1.165) is 18.4 Å². The minimum absolute atomic E-state index is 0.685. The van der Waals surface area contributed by atoms with Gasteiger partial charge in [-0.3, -0.25) is 4.90 Å². The molecule has 2 heteroatoms. The van der Waals surface area contributed by atoms with E-state index in [9.17, 15) is 0 Å². The third-order valence-electron chi connectivity index (χ3n) is 4.41. The van der Waals surface area contributed by atoms with Crippen LogP contribution in [0.3, 0.4) is 0 Å². The van der Waals surface area contributed by atoms with Crippen LogP contribution in [0.2, 0.25) is 0 Å². The van der Waals surface area contributed by atoms with Crippen LogP contribution in [-0.4, -0.2) is 30.6 Å². The lowest BCUT2D eigenvalue weighted by Gasteiger charge is -2.42. The number of hydrogen-bond donors (Lipinski definition) is 1. The average molecular weight is 244 g/mol. The van der Waals surface area contributed by atoms with Crippen molar-refractivity contribution in [1.82, 2.24) is 4.90 Å². The van der Waals surface area contributed by atoms with E-state index >= 15 is 0 Å². The molecule has 2 heterocycles. The molecule has 0 bridgehead atoms. The van der Waals surface area contributed by atoms with Crippen molar-refractivity contribution in [2.75, 3.05) is 25.0 Å². The van der Waals surface area contributed by atoms with Crippen molar-refractivity contribution in [2.24, 2.45) is 11.8 Å². The average Bonchev–Trinajstić information content (AvgIpc) is 2.37. The topological polar surface area (TPSA) is 15.3 Å². The lowest BCUT2D eigenvalue weighted by molar-refractivity contribution is 0.0988. The molecule has 3 unspecified atom stereocenters. The molecule has 0 spiro atoms. The van der Waals surface area contributed by atoms with Gasteiger partial charge in [-0.15, -0.1) is 0 Å². The Bertz CT molecular complexity index is 405. The van der Waals surface area contributed by atoms with Crippen LogP contribution in [-0.2, 0) is 6.42 Å². The largest absolute Gasteiger partial charge is 0.383 e. The number of benzene rings is 1. The summed E-state index contributed by atoms with van der Waals surface area (Å²) in [5, 5.41) is 3.60.